The summed E-state index contributed by atoms with van der Waals surface area (Å²) in [5.41, 5.74) is 3.03. The first-order valence-corrected chi connectivity index (χ1v) is 15.8. The van der Waals surface area contributed by atoms with Gasteiger partial charge in [-0.2, -0.15) is 0 Å². The van der Waals surface area contributed by atoms with E-state index in [0.717, 1.165) is 34.0 Å². The van der Waals surface area contributed by atoms with Crippen molar-refractivity contribution in [3.05, 3.63) is 129 Å². The van der Waals surface area contributed by atoms with E-state index in [1.807, 2.05) is 48.5 Å². The third-order valence-electron chi connectivity index (χ3n) is 7.50. The van der Waals surface area contributed by atoms with Crippen molar-refractivity contribution in [2.75, 3.05) is 0 Å². The van der Waals surface area contributed by atoms with Gasteiger partial charge >= 0.3 is 23.9 Å². The molecule has 244 valence electrons. The van der Waals surface area contributed by atoms with Crippen LogP contribution in [0.25, 0.3) is 0 Å². The second-order valence-electron chi connectivity index (χ2n) is 13.2. The Bertz CT molecular complexity index is 1790. The van der Waals surface area contributed by atoms with Gasteiger partial charge in [0, 0.05) is 9.79 Å². The van der Waals surface area contributed by atoms with Crippen LogP contribution in [0.2, 0.25) is 0 Å². The number of hydrogen-bond acceptors (Lipinski definition) is 7. The molecule has 0 unspecified atom stereocenters. The topological polar surface area (TPSA) is 127 Å². The summed E-state index contributed by atoms with van der Waals surface area (Å²) in [6, 6.07) is 23.8. The van der Waals surface area contributed by atoms with Crippen LogP contribution >= 0.6 is 11.8 Å². The molecular formula is C38H38O8S. The van der Waals surface area contributed by atoms with Gasteiger partial charge < -0.3 is 19.7 Å². The molecule has 8 nitrogen and oxygen atoms in total. The minimum atomic E-state index is -1.31. The number of aromatic carboxylic acids is 2. The number of carbonyl (C=O) groups is 4. The highest BCUT2D eigenvalue weighted by molar-refractivity contribution is 7.99. The fourth-order valence-electron chi connectivity index (χ4n) is 4.68. The van der Waals surface area contributed by atoms with Gasteiger partial charge in [-0.15, -0.1) is 0 Å². The van der Waals surface area contributed by atoms with Crippen LogP contribution in [0.3, 0.4) is 0 Å². The van der Waals surface area contributed by atoms with Crippen LogP contribution < -0.4 is 0 Å². The summed E-state index contributed by atoms with van der Waals surface area (Å²) in [6.07, 6.45) is 0. The lowest BCUT2D eigenvalue weighted by Crippen LogP contribution is -2.13. The molecule has 4 aromatic carbocycles. The summed E-state index contributed by atoms with van der Waals surface area (Å²) in [6.45, 7) is 12.5. The van der Waals surface area contributed by atoms with Crippen LogP contribution in [-0.4, -0.2) is 34.1 Å². The van der Waals surface area contributed by atoms with Crippen molar-refractivity contribution in [2.24, 2.45) is 0 Å². The minimum absolute atomic E-state index is 0.0180. The molecule has 0 aliphatic heterocycles. The second-order valence-corrected chi connectivity index (χ2v) is 14.3. The predicted molar refractivity (Wildman–Crippen MR) is 179 cm³/mol. The smallest absolute Gasteiger partial charge is 0.339 e. The van der Waals surface area contributed by atoms with Crippen LogP contribution in [0.15, 0.2) is 94.7 Å². The molecule has 4 aromatic rings. The zero-order valence-corrected chi connectivity index (χ0v) is 28.1. The number of carboxylic acid groups (broad SMARTS) is 2. The predicted octanol–water partition coefficient (Wildman–Crippen LogP) is 8.54. The van der Waals surface area contributed by atoms with Crippen LogP contribution in [0.5, 0.6) is 0 Å². The van der Waals surface area contributed by atoms with Crippen LogP contribution in [-0.2, 0) is 33.5 Å². The van der Waals surface area contributed by atoms with Crippen molar-refractivity contribution in [2.45, 2.75) is 75.4 Å². The van der Waals surface area contributed by atoms with E-state index in [9.17, 15) is 29.4 Å². The van der Waals surface area contributed by atoms with Gasteiger partial charge in [0.2, 0.25) is 0 Å². The second kappa shape index (κ2) is 14.3. The Morgan fingerprint density at radius 3 is 1.32 bits per heavy atom. The first-order valence-electron chi connectivity index (χ1n) is 15.0. The van der Waals surface area contributed by atoms with Gasteiger partial charge in [-0.05, 0) is 69.5 Å². The van der Waals surface area contributed by atoms with E-state index >= 15 is 0 Å². The van der Waals surface area contributed by atoms with Gasteiger partial charge in [0.1, 0.15) is 13.2 Å². The van der Waals surface area contributed by atoms with Crippen LogP contribution in [0, 0.1) is 0 Å². The summed E-state index contributed by atoms with van der Waals surface area (Å²) >= 11 is 1.11. The summed E-state index contributed by atoms with van der Waals surface area (Å²) in [5.74, 6) is -4.18. The van der Waals surface area contributed by atoms with Gasteiger partial charge in [-0.1, -0.05) is 102 Å². The van der Waals surface area contributed by atoms with E-state index in [-0.39, 0.29) is 46.3 Å². The number of carboxylic acids is 2. The average Bonchev–Trinajstić information content (AvgIpc) is 3.01. The molecule has 4 rings (SSSR count). The normalized spacial score (nSPS) is 11.5. The number of carbonyl (C=O) groups excluding carboxylic acids is 2. The number of hydrogen-bond donors (Lipinski definition) is 2. The van der Waals surface area contributed by atoms with Gasteiger partial charge in [0.25, 0.3) is 0 Å². The molecule has 0 saturated carbocycles. The fraction of sp³-hybridized carbons (Fsp3) is 0.263. The van der Waals surface area contributed by atoms with E-state index in [4.69, 9.17) is 9.47 Å². The quantitative estimate of drug-likeness (QED) is 0.162. The molecule has 0 heterocycles. The zero-order valence-electron chi connectivity index (χ0n) is 27.2. The Hall–Kier alpha value is -4.89. The Morgan fingerprint density at radius 2 is 0.915 bits per heavy atom. The maximum atomic E-state index is 13.0. The Labute approximate surface area is 278 Å². The Balaban J connectivity index is 1.48. The van der Waals surface area contributed by atoms with Crippen LogP contribution in [0.1, 0.15) is 105 Å². The lowest BCUT2D eigenvalue weighted by atomic mass is 9.87. The molecule has 0 saturated heterocycles. The van der Waals surface area contributed by atoms with E-state index in [1.54, 1.807) is 6.07 Å². The van der Waals surface area contributed by atoms with E-state index in [2.05, 4.69) is 41.5 Å². The molecule has 2 N–H and O–H groups in total. The molecule has 0 aliphatic rings. The third-order valence-corrected chi connectivity index (χ3v) is 8.48. The number of benzene rings is 4. The Morgan fingerprint density at radius 1 is 0.532 bits per heavy atom. The van der Waals surface area contributed by atoms with Gasteiger partial charge in [0.15, 0.2) is 0 Å². The maximum Gasteiger partial charge on any atom is 0.339 e. The first kappa shape index (κ1) is 35.0. The lowest BCUT2D eigenvalue weighted by Gasteiger charge is -2.19. The maximum absolute atomic E-state index is 13.0. The third kappa shape index (κ3) is 9.10. The number of esters is 2. The first-order chi connectivity index (χ1) is 22.0. The van der Waals surface area contributed by atoms with Crippen molar-refractivity contribution in [1.82, 2.24) is 0 Å². The van der Waals surface area contributed by atoms with Gasteiger partial charge in [-0.3, -0.25) is 0 Å². The van der Waals surface area contributed by atoms with Crippen LogP contribution in [0.4, 0.5) is 0 Å². The SMILES string of the molecule is CC(C)(C)c1ccc(COC(=O)c2ccc(Sc3ccc(C(=O)O)c(C(=O)OCc4ccc(C(C)(C)C)cc4)c3)cc2C(=O)O)cc1. The minimum Gasteiger partial charge on any atom is -0.478 e. The number of ether oxygens (including phenoxy) is 2. The molecule has 0 aliphatic carbocycles. The molecule has 0 fully saturated rings. The van der Waals surface area contributed by atoms with Crippen molar-refractivity contribution in [1.29, 1.82) is 0 Å². The molecule has 47 heavy (non-hydrogen) atoms. The van der Waals surface area contributed by atoms with Gasteiger partial charge in [-0.25, -0.2) is 19.2 Å². The molecule has 9 heteroatoms. The summed E-state index contributed by atoms with van der Waals surface area (Å²) in [7, 11) is 0. The van der Waals surface area contributed by atoms with Crippen molar-refractivity contribution in [3.8, 4) is 0 Å². The Kier molecular flexibility index (Phi) is 10.6. The fourth-order valence-corrected chi connectivity index (χ4v) is 5.57. The molecular weight excluding hydrogens is 616 g/mol. The number of rotatable bonds is 10. The highest BCUT2D eigenvalue weighted by Gasteiger charge is 2.22. The standard InChI is InChI=1S/C38H38O8S/c1-37(2,3)25-11-7-23(8-12-25)21-45-35(43)30-18-16-27(19-31(30)34(41)42)47-28-15-17-29(33(39)40)32(20-28)36(44)46-22-24-9-13-26(14-10-24)38(4,5)6/h7-20H,21-22H2,1-6H3,(H,39,40)(H,41,42). The van der Waals surface area contributed by atoms with Crippen molar-refractivity contribution < 1.29 is 38.9 Å². The average molecular weight is 655 g/mol. The molecule has 0 spiro atoms. The molecule has 0 atom stereocenters. The summed E-state index contributed by atoms with van der Waals surface area (Å²) in [4.78, 5) is 50.9. The molecule has 0 bridgehead atoms. The molecule has 0 amide bonds. The van der Waals surface area contributed by atoms with Gasteiger partial charge in [0.05, 0.1) is 22.3 Å². The van der Waals surface area contributed by atoms with E-state index in [1.165, 1.54) is 30.3 Å². The van der Waals surface area contributed by atoms with Crippen molar-refractivity contribution in [3.63, 3.8) is 0 Å². The lowest BCUT2D eigenvalue weighted by molar-refractivity contribution is 0.0457. The van der Waals surface area contributed by atoms with E-state index in [0.29, 0.717) is 9.79 Å². The van der Waals surface area contributed by atoms with Crippen molar-refractivity contribution >= 4 is 35.6 Å². The highest BCUT2D eigenvalue weighted by atomic mass is 32.2. The highest BCUT2D eigenvalue weighted by Crippen LogP contribution is 2.32. The molecule has 0 aromatic heterocycles. The van der Waals surface area contributed by atoms with E-state index < -0.39 is 23.9 Å². The largest absolute Gasteiger partial charge is 0.478 e. The summed E-state index contributed by atoms with van der Waals surface area (Å²) in [5, 5.41) is 19.6. The monoisotopic (exact) mass is 654 g/mol. The zero-order chi connectivity index (χ0) is 34.5. The molecule has 0 radical (unpaired) electrons. The summed E-state index contributed by atoms with van der Waals surface area (Å²) < 4.78 is 10.9.